The maximum atomic E-state index is 2.42. The van der Waals surface area contributed by atoms with E-state index in [1.807, 2.05) is 0 Å². The van der Waals surface area contributed by atoms with Crippen LogP contribution in [0.3, 0.4) is 0 Å². The topological polar surface area (TPSA) is 0 Å². The van der Waals surface area contributed by atoms with Crippen molar-refractivity contribution in [3.8, 4) is 0 Å². The number of hydrogen-bond acceptors (Lipinski definition) is 0. The maximum absolute atomic E-state index is 2.42. The standard InChI is InChI=1S/C23H36P2/c1-5-24(6-2,22-16-11-9-12-17-22)20-15-21-25(7-3,8-4)23-18-13-10-14-19-23/h9-14,16-19H,5-8,15,20-21H2,1-4H3/q+2. The molecule has 0 N–H and O–H groups in total. The minimum atomic E-state index is -0.991. The van der Waals surface area contributed by atoms with Gasteiger partial charge in [0.2, 0.25) is 0 Å². The van der Waals surface area contributed by atoms with E-state index in [4.69, 9.17) is 0 Å². The van der Waals surface area contributed by atoms with Gasteiger partial charge in [0, 0.05) is 20.9 Å². The minimum absolute atomic E-state index is 0.991. The molecule has 25 heavy (non-hydrogen) atoms. The third kappa shape index (κ3) is 4.72. The predicted octanol–water partition coefficient (Wildman–Crippen LogP) is 6.14. The Hall–Kier alpha value is -0.700. The first-order valence-corrected chi connectivity index (χ1v) is 14.7. The van der Waals surface area contributed by atoms with Gasteiger partial charge in [-0.3, -0.25) is 0 Å². The first kappa shape index (κ1) is 20.6. The summed E-state index contributed by atoms with van der Waals surface area (Å²) in [5.41, 5.74) is 0. The van der Waals surface area contributed by atoms with Crippen molar-refractivity contribution < 1.29 is 0 Å². The number of rotatable bonds is 10. The van der Waals surface area contributed by atoms with E-state index in [9.17, 15) is 0 Å². The fraction of sp³-hybridized carbons (Fsp3) is 0.478. The average Bonchev–Trinajstić information content (AvgIpc) is 2.70. The lowest BCUT2D eigenvalue weighted by Gasteiger charge is -2.28. The molecule has 0 heterocycles. The fourth-order valence-electron chi connectivity index (χ4n) is 4.23. The first-order valence-electron chi connectivity index (χ1n) is 9.99. The van der Waals surface area contributed by atoms with Gasteiger partial charge in [-0.05, 0) is 52.0 Å². The third-order valence-corrected chi connectivity index (χ3v) is 16.2. The molecule has 2 rings (SSSR count). The molecule has 0 aliphatic carbocycles. The summed E-state index contributed by atoms with van der Waals surface area (Å²) in [5.74, 6) is 0. The summed E-state index contributed by atoms with van der Waals surface area (Å²) in [6.45, 7) is 9.68. The molecule has 0 fully saturated rings. The van der Waals surface area contributed by atoms with Crippen LogP contribution in [0.5, 0.6) is 0 Å². The van der Waals surface area contributed by atoms with Gasteiger partial charge in [-0.1, -0.05) is 36.4 Å². The molecule has 0 unspecified atom stereocenters. The van der Waals surface area contributed by atoms with Crippen LogP contribution in [-0.4, -0.2) is 37.0 Å². The fourth-order valence-corrected chi connectivity index (χ4v) is 11.8. The van der Waals surface area contributed by atoms with E-state index in [1.54, 1.807) is 10.6 Å². The molecule has 0 bridgehead atoms. The number of benzene rings is 2. The van der Waals surface area contributed by atoms with Gasteiger partial charge in [0.25, 0.3) is 0 Å². The van der Waals surface area contributed by atoms with Crippen molar-refractivity contribution in [3.05, 3.63) is 60.7 Å². The van der Waals surface area contributed by atoms with E-state index in [-0.39, 0.29) is 0 Å². The summed E-state index contributed by atoms with van der Waals surface area (Å²) in [5, 5.41) is 3.30. The highest BCUT2D eigenvalue weighted by atomic mass is 31.2. The molecule has 0 aromatic heterocycles. The zero-order chi connectivity index (χ0) is 18.2. The normalized spacial score (nSPS) is 12.3. The molecule has 136 valence electrons. The summed E-state index contributed by atoms with van der Waals surface area (Å²) in [6.07, 6.45) is 9.65. The second-order valence-electron chi connectivity index (χ2n) is 7.03. The van der Waals surface area contributed by atoms with E-state index in [2.05, 4.69) is 88.4 Å². The Labute approximate surface area is 157 Å². The van der Waals surface area contributed by atoms with Crippen molar-refractivity contribution in [3.63, 3.8) is 0 Å². The van der Waals surface area contributed by atoms with Crippen LogP contribution in [0.1, 0.15) is 34.1 Å². The molecule has 2 aromatic rings. The molecule has 2 aromatic carbocycles. The monoisotopic (exact) mass is 374 g/mol. The first-order chi connectivity index (χ1) is 12.2. The summed E-state index contributed by atoms with van der Waals surface area (Å²) >= 11 is 0. The number of hydrogen-bond donors (Lipinski definition) is 0. The van der Waals surface area contributed by atoms with Crippen LogP contribution < -0.4 is 10.6 Å². The Morgan fingerprint density at radius 2 is 0.840 bits per heavy atom. The van der Waals surface area contributed by atoms with Crippen LogP contribution in [-0.2, 0) is 0 Å². The van der Waals surface area contributed by atoms with E-state index in [0.29, 0.717) is 0 Å². The lowest BCUT2D eigenvalue weighted by molar-refractivity contribution is 1.07. The lowest BCUT2D eigenvalue weighted by Crippen LogP contribution is -2.22. The summed E-state index contributed by atoms with van der Waals surface area (Å²) < 4.78 is 0. The lowest BCUT2D eigenvalue weighted by atomic mass is 10.4. The van der Waals surface area contributed by atoms with Gasteiger partial charge in [-0.25, -0.2) is 0 Å². The van der Waals surface area contributed by atoms with Crippen molar-refractivity contribution in [2.45, 2.75) is 34.1 Å². The molecule has 0 aliphatic heterocycles. The van der Waals surface area contributed by atoms with E-state index >= 15 is 0 Å². The molecule has 2 heteroatoms. The molecule has 0 nitrogen and oxygen atoms in total. The zero-order valence-corrected chi connectivity index (χ0v) is 18.4. The van der Waals surface area contributed by atoms with Gasteiger partial charge in [0.05, 0.1) is 47.6 Å². The molecule has 0 aliphatic rings. The molecule has 0 radical (unpaired) electrons. The second kappa shape index (κ2) is 9.85. The van der Waals surface area contributed by atoms with Crippen LogP contribution in [0.2, 0.25) is 0 Å². The van der Waals surface area contributed by atoms with Gasteiger partial charge >= 0.3 is 0 Å². The Morgan fingerprint density at radius 3 is 1.12 bits per heavy atom. The van der Waals surface area contributed by atoms with Crippen molar-refractivity contribution in [2.75, 3.05) is 37.0 Å². The molecule has 0 saturated carbocycles. The van der Waals surface area contributed by atoms with Crippen molar-refractivity contribution >= 4 is 25.1 Å². The molecule has 0 atom stereocenters. The van der Waals surface area contributed by atoms with E-state index in [0.717, 1.165) is 0 Å². The average molecular weight is 374 g/mol. The van der Waals surface area contributed by atoms with E-state index in [1.165, 1.54) is 43.4 Å². The van der Waals surface area contributed by atoms with Crippen LogP contribution in [0.15, 0.2) is 60.7 Å². The molecule has 0 spiro atoms. The summed E-state index contributed by atoms with van der Waals surface area (Å²) in [6, 6.07) is 22.8. The van der Waals surface area contributed by atoms with Crippen molar-refractivity contribution in [1.82, 2.24) is 0 Å². The molecular formula is C23H36P2+2. The molecule has 0 saturated heterocycles. The summed E-state index contributed by atoms with van der Waals surface area (Å²) in [7, 11) is -1.98. The second-order valence-corrected chi connectivity index (χ2v) is 16.1. The van der Waals surface area contributed by atoms with Gasteiger partial charge in [-0.15, -0.1) is 0 Å². The smallest absolute Gasteiger partial charge is 0.0620 e. The van der Waals surface area contributed by atoms with Gasteiger partial charge in [0.1, 0.15) is 0 Å². The van der Waals surface area contributed by atoms with Crippen LogP contribution >= 0.6 is 14.5 Å². The minimum Gasteiger partial charge on any atom is -0.0620 e. The van der Waals surface area contributed by atoms with Crippen LogP contribution in [0, 0.1) is 0 Å². The Kier molecular flexibility index (Phi) is 8.12. The van der Waals surface area contributed by atoms with Crippen molar-refractivity contribution in [1.29, 1.82) is 0 Å². The quantitative estimate of drug-likeness (QED) is 0.438. The van der Waals surface area contributed by atoms with Crippen LogP contribution in [0.25, 0.3) is 0 Å². The Bertz CT molecular complexity index is 543. The van der Waals surface area contributed by atoms with Crippen LogP contribution in [0.4, 0.5) is 0 Å². The Morgan fingerprint density at radius 1 is 0.520 bits per heavy atom. The molecular weight excluding hydrogens is 338 g/mol. The van der Waals surface area contributed by atoms with E-state index < -0.39 is 14.5 Å². The van der Waals surface area contributed by atoms with Gasteiger partial charge < -0.3 is 0 Å². The van der Waals surface area contributed by atoms with Gasteiger partial charge in [0.15, 0.2) is 0 Å². The maximum Gasteiger partial charge on any atom is 0.0939 e. The van der Waals surface area contributed by atoms with Crippen molar-refractivity contribution in [2.24, 2.45) is 0 Å². The largest absolute Gasteiger partial charge is 0.0939 e. The SMILES string of the molecule is CC[P+](CC)(CCC[P+](CC)(CC)c1ccccc1)c1ccccc1. The Balaban J connectivity index is 2.15. The highest BCUT2D eigenvalue weighted by Gasteiger charge is 2.40. The highest BCUT2D eigenvalue weighted by Crippen LogP contribution is 2.61. The molecule has 0 amide bonds. The summed E-state index contributed by atoms with van der Waals surface area (Å²) in [4.78, 5) is 0. The highest BCUT2D eigenvalue weighted by molar-refractivity contribution is 7.83. The zero-order valence-electron chi connectivity index (χ0n) is 16.6. The predicted molar refractivity (Wildman–Crippen MR) is 123 cm³/mol. The van der Waals surface area contributed by atoms with Gasteiger partial charge in [-0.2, -0.15) is 0 Å². The third-order valence-electron chi connectivity index (χ3n) is 6.20.